The number of pyridine rings is 1. The summed E-state index contributed by atoms with van der Waals surface area (Å²) in [6, 6.07) is 2.51. The number of nitrogens with one attached hydrogen (secondary N) is 1. The number of aromatic carboxylic acids is 1. The first-order valence-corrected chi connectivity index (χ1v) is 5.38. The first kappa shape index (κ1) is 15.9. The van der Waals surface area contributed by atoms with Crippen LogP contribution in [-0.2, 0) is 11.3 Å². The van der Waals surface area contributed by atoms with Gasteiger partial charge in [0.15, 0.2) is 5.54 Å². The second kappa shape index (κ2) is 5.45. The van der Waals surface area contributed by atoms with Gasteiger partial charge in [-0.25, -0.2) is 9.78 Å². The summed E-state index contributed by atoms with van der Waals surface area (Å²) in [5.74, 6) is -2.61. The maximum Gasteiger partial charge on any atom is 0.415 e. The number of nitrogens with two attached hydrogens (primary N) is 1. The second-order valence-electron chi connectivity index (χ2n) is 4.24. The maximum atomic E-state index is 12.5. The molecule has 1 atom stereocenters. The maximum absolute atomic E-state index is 12.5. The molecule has 0 radical (unpaired) electrons. The van der Waals surface area contributed by atoms with Crippen molar-refractivity contribution < 1.29 is 27.9 Å². The number of rotatable bonds is 4. The van der Waals surface area contributed by atoms with E-state index in [-0.39, 0.29) is 12.2 Å². The molecule has 1 heterocycles. The topological polar surface area (TPSA) is 105 Å². The van der Waals surface area contributed by atoms with Crippen LogP contribution >= 0.6 is 0 Å². The molecular weight excluding hydrogens is 279 g/mol. The van der Waals surface area contributed by atoms with Gasteiger partial charge in [-0.3, -0.25) is 4.79 Å². The van der Waals surface area contributed by atoms with E-state index in [4.69, 9.17) is 10.8 Å². The van der Waals surface area contributed by atoms with E-state index in [0.29, 0.717) is 12.5 Å². The largest absolute Gasteiger partial charge is 0.477 e. The standard InChI is InChI=1S/C11H12F3N3O3/c1-10(15,11(12,13)14)9(20)17-5-6-2-3-7(8(18)19)16-4-6/h2-4H,5,15H2,1H3,(H,17,20)(H,18,19). The van der Waals surface area contributed by atoms with Crippen LogP contribution in [-0.4, -0.2) is 33.7 Å². The van der Waals surface area contributed by atoms with Crippen molar-refractivity contribution in [3.63, 3.8) is 0 Å². The number of carbonyl (C=O) groups is 2. The summed E-state index contributed by atoms with van der Waals surface area (Å²) in [6.07, 6.45) is -3.73. The van der Waals surface area contributed by atoms with Crippen molar-refractivity contribution in [2.24, 2.45) is 5.73 Å². The zero-order valence-corrected chi connectivity index (χ0v) is 10.4. The summed E-state index contributed by atoms with van der Waals surface area (Å²) in [5, 5.41) is 10.6. The summed E-state index contributed by atoms with van der Waals surface area (Å²) < 4.78 is 37.5. The van der Waals surface area contributed by atoms with Gasteiger partial charge in [0.05, 0.1) is 0 Å². The number of carboxylic acids is 1. The molecule has 1 amide bonds. The Morgan fingerprint density at radius 2 is 2.00 bits per heavy atom. The molecule has 6 nitrogen and oxygen atoms in total. The van der Waals surface area contributed by atoms with E-state index in [2.05, 4.69) is 4.98 Å². The van der Waals surface area contributed by atoms with E-state index >= 15 is 0 Å². The lowest BCUT2D eigenvalue weighted by atomic mass is 10.0. The molecule has 0 fully saturated rings. The summed E-state index contributed by atoms with van der Waals surface area (Å²) in [7, 11) is 0. The molecule has 9 heteroatoms. The van der Waals surface area contributed by atoms with Gasteiger partial charge in [0.1, 0.15) is 5.69 Å². The van der Waals surface area contributed by atoms with Crippen LogP contribution < -0.4 is 11.1 Å². The Kier molecular flexibility index (Phi) is 4.33. The van der Waals surface area contributed by atoms with E-state index in [1.54, 1.807) is 0 Å². The van der Waals surface area contributed by atoms with Crippen molar-refractivity contribution in [3.05, 3.63) is 29.6 Å². The van der Waals surface area contributed by atoms with Crippen LogP contribution in [0.1, 0.15) is 23.0 Å². The molecule has 1 aromatic rings. The van der Waals surface area contributed by atoms with Crippen molar-refractivity contribution in [2.45, 2.75) is 25.2 Å². The first-order valence-electron chi connectivity index (χ1n) is 5.38. The van der Waals surface area contributed by atoms with Crippen molar-refractivity contribution in [3.8, 4) is 0 Å². The minimum Gasteiger partial charge on any atom is -0.477 e. The van der Waals surface area contributed by atoms with Crippen molar-refractivity contribution >= 4 is 11.9 Å². The van der Waals surface area contributed by atoms with Gasteiger partial charge in [0, 0.05) is 12.7 Å². The van der Waals surface area contributed by atoms with Crippen molar-refractivity contribution in [2.75, 3.05) is 0 Å². The van der Waals surface area contributed by atoms with Crippen LogP contribution in [0.2, 0.25) is 0 Å². The van der Waals surface area contributed by atoms with Crippen LogP contribution in [0, 0.1) is 0 Å². The Morgan fingerprint density at radius 1 is 1.40 bits per heavy atom. The number of amides is 1. The summed E-state index contributed by atoms with van der Waals surface area (Å²) in [5.41, 5.74) is 2.08. The number of hydrogen-bond donors (Lipinski definition) is 3. The lowest BCUT2D eigenvalue weighted by Gasteiger charge is -2.26. The predicted octanol–water partition coefficient (Wildman–Crippen LogP) is 0.676. The third kappa shape index (κ3) is 3.44. The molecule has 0 spiro atoms. The Labute approximate surface area is 111 Å². The zero-order chi connectivity index (χ0) is 15.6. The lowest BCUT2D eigenvalue weighted by molar-refractivity contribution is -0.187. The number of halogens is 3. The van der Waals surface area contributed by atoms with Gasteiger partial charge >= 0.3 is 12.1 Å². The second-order valence-corrected chi connectivity index (χ2v) is 4.24. The van der Waals surface area contributed by atoms with Crippen LogP contribution in [0.3, 0.4) is 0 Å². The number of aromatic nitrogens is 1. The Hall–Kier alpha value is -2.16. The van der Waals surface area contributed by atoms with Gasteiger partial charge in [0.2, 0.25) is 5.91 Å². The highest BCUT2D eigenvalue weighted by Crippen LogP contribution is 2.27. The van der Waals surface area contributed by atoms with Gasteiger partial charge in [0.25, 0.3) is 0 Å². The quantitative estimate of drug-likeness (QED) is 0.756. The SMILES string of the molecule is CC(N)(C(=O)NCc1ccc(C(=O)O)nc1)C(F)(F)F. The molecule has 20 heavy (non-hydrogen) atoms. The van der Waals surface area contributed by atoms with Crippen LogP contribution in [0.25, 0.3) is 0 Å². The highest BCUT2D eigenvalue weighted by molar-refractivity contribution is 5.86. The molecule has 1 aromatic heterocycles. The molecule has 0 saturated heterocycles. The smallest absolute Gasteiger partial charge is 0.415 e. The first-order chi connectivity index (χ1) is 9.05. The Balaban J connectivity index is 2.68. The lowest BCUT2D eigenvalue weighted by Crippen LogP contribution is -2.61. The summed E-state index contributed by atoms with van der Waals surface area (Å²) >= 11 is 0. The van der Waals surface area contributed by atoms with Gasteiger partial charge < -0.3 is 16.2 Å². The monoisotopic (exact) mass is 291 g/mol. The van der Waals surface area contributed by atoms with Crippen molar-refractivity contribution in [1.29, 1.82) is 0 Å². The minimum absolute atomic E-state index is 0.209. The third-order valence-corrected chi connectivity index (χ3v) is 2.56. The fourth-order valence-electron chi connectivity index (χ4n) is 1.15. The number of carboxylic acid groups (broad SMARTS) is 1. The zero-order valence-electron chi connectivity index (χ0n) is 10.4. The molecule has 110 valence electrons. The van der Waals surface area contributed by atoms with Gasteiger partial charge in [-0.05, 0) is 18.6 Å². The molecule has 0 aliphatic carbocycles. The van der Waals surface area contributed by atoms with Crippen LogP contribution in [0.5, 0.6) is 0 Å². The van der Waals surface area contributed by atoms with Crippen molar-refractivity contribution in [1.82, 2.24) is 10.3 Å². The Bertz CT molecular complexity index is 512. The van der Waals surface area contributed by atoms with Gasteiger partial charge in [-0.15, -0.1) is 0 Å². The van der Waals surface area contributed by atoms with Gasteiger partial charge in [-0.2, -0.15) is 13.2 Å². The van der Waals surface area contributed by atoms with E-state index in [9.17, 15) is 22.8 Å². The van der Waals surface area contributed by atoms with Crippen LogP contribution in [0.4, 0.5) is 13.2 Å². The molecule has 0 saturated carbocycles. The summed E-state index contributed by atoms with van der Waals surface area (Å²) in [4.78, 5) is 25.5. The molecule has 0 aromatic carbocycles. The molecule has 0 aliphatic heterocycles. The molecule has 0 bridgehead atoms. The summed E-state index contributed by atoms with van der Waals surface area (Å²) in [6.45, 7) is 0.322. The fourth-order valence-corrected chi connectivity index (χ4v) is 1.15. The molecule has 4 N–H and O–H groups in total. The number of nitrogens with zero attached hydrogens (tertiary/aromatic N) is 1. The molecule has 1 rings (SSSR count). The Morgan fingerprint density at radius 3 is 2.40 bits per heavy atom. The van der Waals surface area contributed by atoms with E-state index < -0.39 is 23.6 Å². The molecule has 1 unspecified atom stereocenters. The average molecular weight is 291 g/mol. The number of hydrogen-bond acceptors (Lipinski definition) is 4. The van der Waals surface area contributed by atoms with E-state index in [0.717, 1.165) is 6.20 Å². The number of alkyl halides is 3. The van der Waals surface area contributed by atoms with Crippen LogP contribution in [0.15, 0.2) is 18.3 Å². The average Bonchev–Trinajstić information content (AvgIpc) is 2.34. The van der Waals surface area contributed by atoms with E-state index in [1.165, 1.54) is 12.1 Å². The fraction of sp³-hybridized carbons (Fsp3) is 0.364. The van der Waals surface area contributed by atoms with Gasteiger partial charge in [-0.1, -0.05) is 6.07 Å². The molecule has 0 aliphatic rings. The minimum atomic E-state index is -4.87. The number of carbonyl (C=O) groups excluding carboxylic acids is 1. The molecular formula is C11H12F3N3O3. The predicted molar refractivity (Wildman–Crippen MR) is 61.7 cm³/mol. The van der Waals surface area contributed by atoms with E-state index in [1.807, 2.05) is 5.32 Å². The highest BCUT2D eigenvalue weighted by atomic mass is 19.4. The highest BCUT2D eigenvalue weighted by Gasteiger charge is 2.53. The normalized spacial score (nSPS) is 14.4. The third-order valence-electron chi connectivity index (χ3n) is 2.56.